The zero-order chi connectivity index (χ0) is 25.4. The smallest absolute Gasteiger partial charge is 0.255 e. The number of halogens is 1. The van der Waals surface area contributed by atoms with Gasteiger partial charge in [0.2, 0.25) is 5.91 Å². The summed E-state index contributed by atoms with van der Waals surface area (Å²) in [6.45, 7) is 5.15. The summed E-state index contributed by atoms with van der Waals surface area (Å²) < 4.78 is 26.2. The third-order valence-corrected chi connectivity index (χ3v) is 9.52. The molecule has 36 heavy (non-hydrogen) atoms. The number of hydrogen-bond donors (Lipinski definition) is 2. The Hall–Kier alpha value is -2.31. The molecule has 0 heterocycles. The minimum Gasteiger partial charge on any atom is -0.496 e. The minimum atomic E-state index is -0.524. The van der Waals surface area contributed by atoms with Crippen LogP contribution in [0.1, 0.15) is 88.4 Å². The normalized spacial score (nSPS) is 32.4. The predicted octanol–water partition coefficient (Wildman–Crippen LogP) is 5.24. The molecular weight excluding hydrogens is 459 g/mol. The SMILES string of the molecule is COc1cc(F)c(O[C@H]2CC[C@H](C)CC2)cc1C(=O)N[C@@H]1[C@H]2CC[C@H](C2)[C@@H]1C(=O)NCC1(C)CCC1. The van der Waals surface area contributed by atoms with Gasteiger partial charge in [0.25, 0.3) is 5.91 Å². The fourth-order valence-electron chi connectivity index (χ4n) is 6.98. The number of carbonyl (C=O) groups excluding carboxylic acids is 2. The first-order chi connectivity index (χ1) is 17.3. The van der Waals surface area contributed by atoms with Crippen LogP contribution < -0.4 is 20.1 Å². The Labute approximate surface area is 214 Å². The molecule has 4 saturated carbocycles. The summed E-state index contributed by atoms with van der Waals surface area (Å²) in [5.41, 5.74) is 0.460. The lowest BCUT2D eigenvalue weighted by atomic mass is 9.70. The third-order valence-electron chi connectivity index (χ3n) is 9.52. The molecule has 198 valence electrons. The molecule has 0 aliphatic heterocycles. The van der Waals surface area contributed by atoms with Gasteiger partial charge in [0.15, 0.2) is 11.6 Å². The Kier molecular flexibility index (Phi) is 7.19. The summed E-state index contributed by atoms with van der Waals surface area (Å²) in [4.78, 5) is 26.8. The number of hydrogen-bond acceptors (Lipinski definition) is 4. The third kappa shape index (κ3) is 5.08. The van der Waals surface area contributed by atoms with Crippen molar-refractivity contribution in [1.82, 2.24) is 10.6 Å². The second kappa shape index (κ2) is 10.2. The maximum Gasteiger partial charge on any atom is 0.255 e. The van der Waals surface area contributed by atoms with Crippen LogP contribution in [0.25, 0.3) is 0 Å². The molecule has 4 aliphatic rings. The number of benzene rings is 1. The molecular formula is C29H41FN2O4. The van der Waals surface area contributed by atoms with Crippen LogP contribution in [0, 0.1) is 34.9 Å². The van der Waals surface area contributed by atoms with E-state index in [1.54, 1.807) is 0 Å². The topological polar surface area (TPSA) is 76.7 Å². The van der Waals surface area contributed by atoms with Gasteiger partial charge in [-0.25, -0.2) is 4.39 Å². The van der Waals surface area contributed by atoms with Crippen molar-refractivity contribution in [3.63, 3.8) is 0 Å². The maximum atomic E-state index is 14.8. The Bertz CT molecular complexity index is 986. The molecule has 2 amide bonds. The highest BCUT2D eigenvalue weighted by Crippen LogP contribution is 2.49. The zero-order valence-corrected chi connectivity index (χ0v) is 21.9. The quantitative estimate of drug-likeness (QED) is 0.512. The van der Waals surface area contributed by atoms with Crippen LogP contribution in [-0.2, 0) is 4.79 Å². The molecule has 7 heteroatoms. The summed E-state index contributed by atoms with van der Waals surface area (Å²) in [7, 11) is 1.43. The number of fused-ring (bicyclic) bond motifs is 2. The highest BCUT2D eigenvalue weighted by Gasteiger charge is 2.51. The molecule has 4 atom stereocenters. The molecule has 0 radical (unpaired) electrons. The first-order valence-electron chi connectivity index (χ1n) is 13.9. The average Bonchev–Trinajstić information content (AvgIpc) is 3.45. The molecule has 4 fully saturated rings. The Morgan fingerprint density at radius 1 is 1.06 bits per heavy atom. The van der Waals surface area contributed by atoms with Gasteiger partial charge in [0.1, 0.15) is 5.75 Å². The van der Waals surface area contributed by atoms with Crippen molar-refractivity contribution in [3.05, 3.63) is 23.5 Å². The summed E-state index contributed by atoms with van der Waals surface area (Å²) in [6.07, 6.45) is 10.4. The van der Waals surface area contributed by atoms with Gasteiger partial charge in [-0.15, -0.1) is 0 Å². The van der Waals surface area contributed by atoms with Gasteiger partial charge in [-0.2, -0.15) is 0 Å². The standard InChI is InChI=1S/C29H41FN2O4/c1-17-5-9-20(10-6-17)36-24-14-21(23(35-3)15-22(24)30)27(33)32-26-19-8-7-18(13-19)25(26)28(34)31-16-29(2)11-4-12-29/h14-15,17-20,25-26H,4-13,16H2,1-3H3,(H,31,34)(H,32,33)/t17-,18-,19+,20-,25+,26-/m1/s1. The Morgan fingerprint density at radius 3 is 2.44 bits per heavy atom. The highest BCUT2D eigenvalue weighted by atomic mass is 19.1. The van der Waals surface area contributed by atoms with Gasteiger partial charge < -0.3 is 20.1 Å². The fourth-order valence-corrected chi connectivity index (χ4v) is 6.98. The van der Waals surface area contributed by atoms with Gasteiger partial charge in [-0.3, -0.25) is 9.59 Å². The Morgan fingerprint density at radius 2 is 1.78 bits per heavy atom. The molecule has 5 rings (SSSR count). The first-order valence-corrected chi connectivity index (χ1v) is 13.9. The largest absolute Gasteiger partial charge is 0.496 e. The van der Waals surface area contributed by atoms with Crippen molar-refractivity contribution in [2.45, 2.75) is 90.2 Å². The lowest BCUT2D eigenvalue weighted by molar-refractivity contribution is -0.128. The number of rotatable bonds is 8. The molecule has 0 saturated heterocycles. The van der Waals surface area contributed by atoms with Gasteiger partial charge >= 0.3 is 0 Å². The number of amides is 2. The van der Waals surface area contributed by atoms with E-state index in [0.717, 1.165) is 57.8 Å². The van der Waals surface area contributed by atoms with Crippen molar-refractivity contribution in [3.8, 4) is 11.5 Å². The zero-order valence-electron chi connectivity index (χ0n) is 21.9. The van der Waals surface area contributed by atoms with Crippen molar-refractivity contribution in [2.75, 3.05) is 13.7 Å². The molecule has 0 unspecified atom stereocenters. The van der Waals surface area contributed by atoms with Crippen molar-refractivity contribution in [2.24, 2.45) is 29.1 Å². The van der Waals surface area contributed by atoms with E-state index in [1.165, 1.54) is 25.7 Å². The van der Waals surface area contributed by atoms with Crippen LogP contribution in [0.15, 0.2) is 12.1 Å². The van der Waals surface area contributed by atoms with Crippen molar-refractivity contribution < 1.29 is 23.5 Å². The van der Waals surface area contributed by atoms with E-state index in [1.807, 2.05) is 0 Å². The van der Waals surface area contributed by atoms with Crippen LogP contribution in [-0.4, -0.2) is 37.6 Å². The summed E-state index contributed by atoms with van der Waals surface area (Å²) in [5, 5.41) is 6.35. The minimum absolute atomic E-state index is 0.0452. The maximum absolute atomic E-state index is 14.8. The molecule has 1 aromatic carbocycles. The van der Waals surface area contributed by atoms with E-state index < -0.39 is 5.82 Å². The lowest BCUT2D eigenvalue weighted by Gasteiger charge is -2.39. The second-order valence-corrected chi connectivity index (χ2v) is 12.2. The van der Waals surface area contributed by atoms with E-state index in [9.17, 15) is 14.0 Å². The van der Waals surface area contributed by atoms with Gasteiger partial charge in [0.05, 0.1) is 24.7 Å². The lowest BCUT2D eigenvalue weighted by Crippen LogP contribution is -2.51. The van der Waals surface area contributed by atoms with Crippen LogP contribution in [0.3, 0.4) is 0 Å². The number of nitrogens with one attached hydrogen (secondary N) is 2. The van der Waals surface area contributed by atoms with Crippen LogP contribution in [0.5, 0.6) is 11.5 Å². The number of ether oxygens (including phenoxy) is 2. The van der Waals surface area contributed by atoms with Gasteiger partial charge in [0, 0.05) is 18.7 Å². The van der Waals surface area contributed by atoms with Crippen LogP contribution in [0.2, 0.25) is 0 Å². The van der Waals surface area contributed by atoms with Crippen molar-refractivity contribution in [1.29, 1.82) is 0 Å². The second-order valence-electron chi connectivity index (χ2n) is 12.2. The van der Waals surface area contributed by atoms with E-state index in [2.05, 4.69) is 24.5 Å². The highest BCUT2D eigenvalue weighted by molar-refractivity contribution is 5.98. The number of carbonyl (C=O) groups is 2. The number of methoxy groups -OCH3 is 1. The fraction of sp³-hybridized carbons (Fsp3) is 0.724. The molecule has 0 spiro atoms. The van der Waals surface area contributed by atoms with Crippen LogP contribution in [0.4, 0.5) is 4.39 Å². The summed E-state index contributed by atoms with van der Waals surface area (Å²) >= 11 is 0. The van der Waals surface area contributed by atoms with Crippen LogP contribution >= 0.6 is 0 Å². The first kappa shape index (κ1) is 25.3. The van der Waals surface area contributed by atoms with E-state index in [-0.39, 0.29) is 52.4 Å². The van der Waals surface area contributed by atoms with Gasteiger partial charge in [-0.05, 0) is 87.0 Å². The molecule has 2 bridgehead atoms. The molecule has 0 aromatic heterocycles. The molecule has 4 aliphatic carbocycles. The predicted molar refractivity (Wildman–Crippen MR) is 136 cm³/mol. The van der Waals surface area contributed by atoms with E-state index >= 15 is 0 Å². The van der Waals surface area contributed by atoms with E-state index in [0.29, 0.717) is 24.3 Å². The average molecular weight is 501 g/mol. The Balaban J connectivity index is 1.30. The summed E-state index contributed by atoms with van der Waals surface area (Å²) in [6, 6.07) is 2.49. The molecule has 2 N–H and O–H groups in total. The molecule has 1 aromatic rings. The molecule has 6 nitrogen and oxygen atoms in total. The monoisotopic (exact) mass is 500 g/mol. The van der Waals surface area contributed by atoms with Gasteiger partial charge in [-0.1, -0.05) is 20.3 Å². The summed E-state index contributed by atoms with van der Waals surface area (Å²) in [5.74, 6) is 0.505. The van der Waals surface area contributed by atoms with Crippen molar-refractivity contribution >= 4 is 11.8 Å². The van der Waals surface area contributed by atoms with E-state index in [4.69, 9.17) is 9.47 Å².